The van der Waals surface area contributed by atoms with Gasteiger partial charge in [-0.15, -0.1) is 11.3 Å². The summed E-state index contributed by atoms with van der Waals surface area (Å²) >= 11 is 1.84. The van der Waals surface area contributed by atoms with E-state index in [2.05, 4.69) is 60.3 Å². The Hall–Kier alpha value is -0.410. The van der Waals surface area contributed by atoms with Crippen LogP contribution in [0.3, 0.4) is 0 Å². The summed E-state index contributed by atoms with van der Waals surface area (Å²) in [6.45, 7) is 18.7. The van der Waals surface area contributed by atoms with Gasteiger partial charge in [0.05, 0.1) is 17.2 Å². The molecule has 0 bridgehead atoms. The first-order valence-electron chi connectivity index (χ1n) is 7.27. The highest BCUT2D eigenvalue weighted by atomic mass is 32.1. The van der Waals surface area contributed by atoms with Crippen molar-refractivity contribution in [3.05, 3.63) is 16.1 Å². The van der Waals surface area contributed by atoms with Gasteiger partial charge in [0.1, 0.15) is 0 Å². The maximum atomic E-state index is 4.72. The van der Waals surface area contributed by atoms with Crippen LogP contribution in [-0.4, -0.2) is 15.4 Å². The molecule has 0 saturated heterocycles. The third kappa shape index (κ3) is 2.47. The second-order valence-electron chi connectivity index (χ2n) is 8.14. The van der Waals surface area contributed by atoms with E-state index in [-0.39, 0.29) is 11.0 Å². The van der Waals surface area contributed by atoms with Gasteiger partial charge < -0.3 is 0 Å². The fourth-order valence-electron chi connectivity index (χ4n) is 3.37. The van der Waals surface area contributed by atoms with Gasteiger partial charge in [-0.2, -0.15) is 0 Å². The minimum absolute atomic E-state index is 0.160. The molecule has 1 aromatic rings. The highest BCUT2D eigenvalue weighted by Crippen LogP contribution is 2.55. The van der Waals surface area contributed by atoms with Crippen molar-refractivity contribution in [3.8, 4) is 0 Å². The van der Waals surface area contributed by atoms with Gasteiger partial charge >= 0.3 is 0 Å². The normalized spacial score (nSPS) is 25.1. The molecule has 0 saturated carbocycles. The maximum Gasteiger partial charge on any atom is 0.0799 e. The second-order valence-corrected chi connectivity index (χ2v) is 9.02. The molecule has 108 valence electrons. The molecule has 0 aliphatic carbocycles. The molecule has 0 radical (unpaired) electrons. The van der Waals surface area contributed by atoms with Gasteiger partial charge in [-0.3, -0.25) is 4.90 Å². The van der Waals surface area contributed by atoms with E-state index < -0.39 is 0 Å². The summed E-state index contributed by atoms with van der Waals surface area (Å²) in [5.41, 5.74) is 3.72. The van der Waals surface area contributed by atoms with Crippen molar-refractivity contribution in [1.82, 2.24) is 9.88 Å². The summed E-state index contributed by atoms with van der Waals surface area (Å²) in [6.07, 6.45) is 0. The molecule has 2 atom stereocenters. The largest absolute Gasteiger partial charge is 0.281 e. The molecule has 19 heavy (non-hydrogen) atoms. The number of thiazole rings is 1. The van der Waals surface area contributed by atoms with Crippen LogP contribution in [0.15, 0.2) is 5.51 Å². The topological polar surface area (TPSA) is 16.1 Å². The van der Waals surface area contributed by atoms with E-state index in [9.17, 15) is 0 Å². The molecule has 0 aromatic carbocycles. The molecule has 2 rings (SSSR count). The van der Waals surface area contributed by atoms with Crippen LogP contribution < -0.4 is 0 Å². The molecule has 0 spiro atoms. The molecule has 0 N–H and O–H groups in total. The highest BCUT2D eigenvalue weighted by Gasteiger charge is 2.50. The number of hydrogen-bond donors (Lipinski definition) is 0. The van der Waals surface area contributed by atoms with E-state index in [1.807, 2.05) is 16.8 Å². The molecule has 0 fully saturated rings. The summed E-state index contributed by atoms with van der Waals surface area (Å²) in [4.78, 5) is 8.91. The second kappa shape index (κ2) is 4.56. The first kappa shape index (κ1) is 15.0. The average molecular weight is 280 g/mol. The summed E-state index contributed by atoms with van der Waals surface area (Å²) in [5.74, 6) is 0.616. The maximum absolute atomic E-state index is 4.72. The van der Waals surface area contributed by atoms with Crippen molar-refractivity contribution in [2.75, 3.05) is 0 Å². The van der Waals surface area contributed by atoms with Crippen LogP contribution in [0.25, 0.3) is 0 Å². The Morgan fingerprint density at radius 3 is 2.16 bits per heavy atom. The lowest BCUT2D eigenvalue weighted by molar-refractivity contribution is -0.0152. The molecule has 2 unspecified atom stereocenters. The van der Waals surface area contributed by atoms with Gasteiger partial charge in [-0.1, -0.05) is 34.6 Å². The lowest BCUT2D eigenvalue weighted by Gasteiger charge is -2.47. The zero-order valence-electron chi connectivity index (χ0n) is 13.6. The number of rotatable bonds is 1. The van der Waals surface area contributed by atoms with E-state index in [1.165, 1.54) is 10.6 Å². The first-order chi connectivity index (χ1) is 8.55. The van der Waals surface area contributed by atoms with Gasteiger partial charge in [-0.25, -0.2) is 4.98 Å². The predicted octanol–water partition coefficient (Wildman–Crippen LogP) is 5.04. The molecule has 0 amide bonds. The lowest BCUT2D eigenvalue weighted by atomic mass is 9.83. The summed E-state index contributed by atoms with van der Waals surface area (Å²) in [6, 6.07) is 0.924. The summed E-state index contributed by atoms with van der Waals surface area (Å²) in [5, 5.41) is 0. The minimum atomic E-state index is 0.160. The van der Waals surface area contributed by atoms with Gasteiger partial charge in [-0.05, 0) is 32.1 Å². The molecule has 1 aromatic heterocycles. The van der Waals surface area contributed by atoms with Gasteiger partial charge in [0.2, 0.25) is 0 Å². The lowest BCUT2D eigenvalue weighted by Crippen LogP contribution is -2.47. The van der Waals surface area contributed by atoms with Crippen LogP contribution >= 0.6 is 11.3 Å². The smallest absolute Gasteiger partial charge is 0.0799 e. The van der Waals surface area contributed by atoms with Gasteiger partial charge in [0, 0.05) is 16.5 Å². The molecule has 1 aliphatic heterocycles. The van der Waals surface area contributed by atoms with Gasteiger partial charge in [0.15, 0.2) is 0 Å². The Balaban J connectivity index is 2.58. The number of hydrogen-bond acceptors (Lipinski definition) is 3. The average Bonchev–Trinajstić information content (AvgIpc) is 2.68. The molecule has 2 nitrogen and oxygen atoms in total. The summed E-state index contributed by atoms with van der Waals surface area (Å²) < 4.78 is 0. The minimum Gasteiger partial charge on any atom is -0.281 e. The number of aromatic nitrogens is 1. The van der Waals surface area contributed by atoms with Crippen LogP contribution in [0, 0.1) is 11.3 Å². The van der Waals surface area contributed by atoms with Crippen molar-refractivity contribution in [3.63, 3.8) is 0 Å². The standard InChI is InChI=1S/C16H28N2S/c1-10(2)12-13-11(17-9-19-13)14(15(3,4)5)18(12)16(6,7)8/h9-10,12,14H,1-8H3. The first-order valence-corrected chi connectivity index (χ1v) is 8.15. The van der Waals surface area contributed by atoms with Crippen molar-refractivity contribution in [2.45, 2.75) is 73.0 Å². The fourth-order valence-corrected chi connectivity index (χ4v) is 4.46. The fraction of sp³-hybridized carbons (Fsp3) is 0.812. The van der Waals surface area contributed by atoms with E-state index in [0.717, 1.165) is 0 Å². The van der Waals surface area contributed by atoms with Crippen molar-refractivity contribution in [2.24, 2.45) is 11.3 Å². The van der Waals surface area contributed by atoms with Crippen molar-refractivity contribution >= 4 is 11.3 Å². The Morgan fingerprint density at radius 2 is 1.74 bits per heavy atom. The van der Waals surface area contributed by atoms with Crippen LogP contribution in [0.2, 0.25) is 0 Å². The van der Waals surface area contributed by atoms with Crippen LogP contribution in [0.5, 0.6) is 0 Å². The number of fused-ring (bicyclic) bond motifs is 1. The van der Waals surface area contributed by atoms with Gasteiger partial charge in [0.25, 0.3) is 0 Å². The molecule has 3 heteroatoms. The molecule has 1 aliphatic rings. The quantitative estimate of drug-likeness (QED) is 0.716. The molecule has 2 heterocycles. The molecular weight excluding hydrogens is 252 g/mol. The van der Waals surface area contributed by atoms with Crippen LogP contribution in [0.4, 0.5) is 0 Å². The SMILES string of the molecule is CC(C)C1c2scnc2C(C(C)(C)C)N1C(C)(C)C. The Labute approximate surface area is 122 Å². The van der Waals surface area contributed by atoms with Crippen LogP contribution in [0.1, 0.15) is 78.0 Å². The van der Waals surface area contributed by atoms with Crippen molar-refractivity contribution in [1.29, 1.82) is 0 Å². The highest BCUT2D eigenvalue weighted by molar-refractivity contribution is 7.09. The number of nitrogens with zero attached hydrogens (tertiary/aromatic N) is 2. The zero-order chi connectivity index (χ0) is 14.6. The predicted molar refractivity (Wildman–Crippen MR) is 83.5 cm³/mol. The molecular formula is C16H28N2S. The third-order valence-corrected chi connectivity index (χ3v) is 4.87. The van der Waals surface area contributed by atoms with E-state index >= 15 is 0 Å². The van der Waals surface area contributed by atoms with Crippen molar-refractivity contribution < 1.29 is 0 Å². The Morgan fingerprint density at radius 1 is 1.16 bits per heavy atom. The third-order valence-electron chi connectivity index (χ3n) is 3.96. The van der Waals surface area contributed by atoms with E-state index in [4.69, 9.17) is 4.98 Å². The van der Waals surface area contributed by atoms with Crippen LogP contribution in [-0.2, 0) is 0 Å². The zero-order valence-corrected chi connectivity index (χ0v) is 14.4. The van der Waals surface area contributed by atoms with E-state index in [0.29, 0.717) is 18.0 Å². The summed E-state index contributed by atoms with van der Waals surface area (Å²) in [7, 11) is 0. The monoisotopic (exact) mass is 280 g/mol. The van der Waals surface area contributed by atoms with E-state index in [1.54, 1.807) is 0 Å². The Kier molecular flexibility index (Phi) is 3.60. The Bertz CT molecular complexity index is 448.